The molecule has 0 bridgehead atoms. The first-order valence-corrected chi connectivity index (χ1v) is 27.3. The van der Waals surface area contributed by atoms with Gasteiger partial charge in [-0.25, -0.2) is 4.79 Å². The van der Waals surface area contributed by atoms with Crippen LogP contribution in [0.1, 0.15) is 239 Å². The minimum absolute atomic E-state index is 0.0560. The number of ether oxygens (including phenoxy) is 3. The second kappa shape index (κ2) is 48.5. The number of likely N-dealkylation sites (N-methyl/N-ethyl adjacent to an activating group) is 1. The van der Waals surface area contributed by atoms with Gasteiger partial charge in [-0.05, 0) is 77.0 Å². The van der Waals surface area contributed by atoms with Crippen LogP contribution < -0.4 is 0 Å². The zero-order valence-electron chi connectivity index (χ0n) is 43.6. The van der Waals surface area contributed by atoms with Crippen LogP contribution in [0, 0.1) is 0 Å². The molecule has 0 aromatic heterocycles. The monoisotopic (exact) mass is 927 g/mol. The molecule has 8 heteroatoms. The van der Waals surface area contributed by atoms with Gasteiger partial charge in [-0.2, -0.15) is 0 Å². The quantitative estimate of drug-likeness (QED) is 0.0281. The van der Waals surface area contributed by atoms with Crippen molar-refractivity contribution in [2.75, 3.05) is 41.0 Å². The Balaban J connectivity index is 4.22. The molecule has 0 saturated heterocycles. The van der Waals surface area contributed by atoms with Crippen molar-refractivity contribution in [1.82, 2.24) is 0 Å². The molecule has 2 unspecified atom stereocenters. The Morgan fingerprint density at radius 2 is 0.848 bits per heavy atom. The van der Waals surface area contributed by atoms with Gasteiger partial charge in [-0.3, -0.25) is 9.59 Å². The summed E-state index contributed by atoms with van der Waals surface area (Å²) in [5.74, 6) is -1.47. The van der Waals surface area contributed by atoms with E-state index in [1.54, 1.807) is 0 Å². The number of carbonyl (C=O) groups is 3. The first kappa shape index (κ1) is 63.0. The predicted molar refractivity (Wildman–Crippen MR) is 280 cm³/mol. The highest BCUT2D eigenvalue weighted by Gasteiger charge is 2.31. The van der Waals surface area contributed by atoms with Gasteiger partial charge >= 0.3 is 17.9 Å². The third-order valence-electron chi connectivity index (χ3n) is 12.2. The molecule has 0 fully saturated rings. The highest BCUT2D eigenvalue weighted by atomic mass is 16.6. The van der Waals surface area contributed by atoms with Crippen molar-refractivity contribution >= 4 is 17.9 Å². The molecular formula is C58H104NO7+. The van der Waals surface area contributed by atoms with Gasteiger partial charge < -0.3 is 23.8 Å². The summed E-state index contributed by atoms with van der Waals surface area (Å²) in [4.78, 5) is 37.2. The maximum atomic E-state index is 12.8. The van der Waals surface area contributed by atoms with E-state index in [0.29, 0.717) is 19.3 Å². The number of aliphatic carboxylic acids is 1. The predicted octanol–water partition coefficient (Wildman–Crippen LogP) is 16.1. The van der Waals surface area contributed by atoms with Gasteiger partial charge in [0.15, 0.2) is 12.1 Å². The van der Waals surface area contributed by atoms with Gasteiger partial charge in [0.2, 0.25) is 0 Å². The van der Waals surface area contributed by atoms with Gasteiger partial charge in [0, 0.05) is 19.3 Å². The van der Waals surface area contributed by atoms with Crippen LogP contribution in [0.25, 0.3) is 0 Å². The van der Waals surface area contributed by atoms with Crippen LogP contribution >= 0.6 is 0 Å². The fraction of sp³-hybridized carbons (Fsp3) is 0.776. The lowest BCUT2D eigenvalue weighted by atomic mass is 10.1. The maximum absolute atomic E-state index is 12.8. The Morgan fingerprint density at radius 3 is 1.27 bits per heavy atom. The van der Waals surface area contributed by atoms with Gasteiger partial charge in [0.1, 0.15) is 6.61 Å². The standard InChI is InChI=1S/C58H103NO7/c1-6-8-10-12-14-16-18-20-22-24-26-28-30-32-34-36-38-40-42-44-46-48-56(60)65-53-54(52-64-51-50-55(58(62)63)59(3,4)5)66-57(61)49-47-45-43-41-39-37-35-33-31-29-27-25-23-21-19-17-15-13-11-9-7-2/h9,11,15,17,21,23-24,26-27,29,54-55H,6-8,10,12-14,16,18-20,22,25,28,30-53H2,1-5H3/p+1/b11-9-,17-15-,23-21-,26-24-,29-27-. The molecule has 66 heavy (non-hydrogen) atoms. The van der Waals surface area contributed by atoms with E-state index in [-0.39, 0.29) is 36.2 Å². The lowest BCUT2D eigenvalue weighted by Crippen LogP contribution is -2.50. The molecular weight excluding hydrogens is 823 g/mol. The Morgan fingerprint density at radius 1 is 0.470 bits per heavy atom. The lowest BCUT2D eigenvalue weighted by molar-refractivity contribution is -0.887. The largest absolute Gasteiger partial charge is 0.477 e. The Hall–Kier alpha value is -2.97. The average molecular weight is 927 g/mol. The van der Waals surface area contributed by atoms with E-state index in [1.165, 1.54) is 135 Å². The molecule has 0 aliphatic heterocycles. The third-order valence-corrected chi connectivity index (χ3v) is 12.2. The molecule has 0 radical (unpaired) electrons. The molecule has 1 N–H and O–H groups in total. The summed E-state index contributed by atoms with van der Waals surface area (Å²) in [5.41, 5.74) is 0. The van der Waals surface area contributed by atoms with E-state index in [1.807, 2.05) is 21.1 Å². The topological polar surface area (TPSA) is 99.1 Å². The summed E-state index contributed by atoms with van der Waals surface area (Å²) in [7, 11) is 5.54. The Labute approximate surface area is 407 Å². The molecule has 0 aliphatic rings. The summed E-state index contributed by atoms with van der Waals surface area (Å²) in [5, 5.41) is 9.67. The van der Waals surface area contributed by atoms with Crippen molar-refractivity contribution in [2.45, 2.75) is 251 Å². The second-order valence-corrected chi connectivity index (χ2v) is 19.5. The molecule has 0 aromatic rings. The second-order valence-electron chi connectivity index (χ2n) is 19.5. The SMILES string of the molecule is CC/C=C\C/C=C\C/C=C\C/C=C\CCCCCCCCCCC(=O)OC(COCCC(C(=O)O)[N+](C)(C)C)COC(=O)CCCCCCCCCCC/C=C\CCCCCCCCCC. The van der Waals surface area contributed by atoms with Gasteiger partial charge in [0.25, 0.3) is 0 Å². The number of allylic oxidation sites excluding steroid dienone is 10. The molecule has 0 rings (SSSR count). The number of esters is 2. The Bertz CT molecular complexity index is 1260. The van der Waals surface area contributed by atoms with Crippen molar-refractivity contribution < 1.29 is 38.2 Å². The van der Waals surface area contributed by atoms with Crippen molar-refractivity contribution in [3.8, 4) is 0 Å². The summed E-state index contributed by atoms with van der Waals surface area (Å²) in [6.07, 6.45) is 61.3. The zero-order valence-corrected chi connectivity index (χ0v) is 43.6. The van der Waals surface area contributed by atoms with E-state index >= 15 is 0 Å². The minimum atomic E-state index is -0.876. The molecule has 0 amide bonds. The van der Waals surface area contributed by atoms with Crippen molar-refractivity contribution in [3.63, 3.8) is 0 Å². The lowest BCUT2D eigenvalue weighted by Gasteiger charge is -2.31. The number of hydrogen-bond donors (Lipinski definition) is 1. The van der Waals surface area contributed by atoms with E-state index in [9.17, 15) is 19.5 Å². The molecule has 0 aromatic carbocycles. The number of carbonyl (C=O) groups excluding carboxylic acids is 2. The van der Waals surface area contributed by atoms with Crippen molar-refractivity contribution in [1.29, 1.82) is 0 Å². The molecule has 0 spiro atoms. The number of carboxylic acids is 1. The maximum Gasteiger partial charge on any atom is 0.362 e. The molecule has 0 saturated carbocycles. The summed E-state index contributed by atoms with van der Waals surface area (Å²) in [6.45, 7) is 4.64. The van der Waals surface area contributed by atoms with Crippen molar-refractivity contribution in [3.05, 3.63) is 60.8 Å². The van der Waals surface area contributed by atoms with E-state index < -0.39 is 18.1 Å². The van der Waals surface area contributed by atoms with Crippen LogP contribution in [-0.4, -0.2) is 80.6 Å². The summed E-state index contributed by atoms with van der Waals surface area (Å²) in [6, 6.07) is -0.619. The van der Waals surface area contributed by atoms with E-state index in [0.717, 1.165) is 70.6 Å². The number of unbranched alkanes of at least 4 members (excludes halogenated alkanes) is 25. The molecule has 0 heterocycles. The molecule has 8 nitrogen and oxygen atoms in total. The Kier molecular flexibility index (Phi) is 46.3. The normalized spacial score (nSPS) is 13.3. The zero-order chi connectivity index (χ0) is 48.4. The first-order valence-electron chi connectivity index (χ1n) is 27.3. The van der Waals surface area contributed by atoms with E-state index in [4.69, 9.17) is 14.2 Å². The number of hydrogen-bond acceptors (Lipinski definition) is 6. The average Bonchev–Trinajstić information content (AvgIpc) is 3.28. The highest BCUT2D eigenvalue weighted by molar-refractivity contribution is 5.72. The van der Waals surface area contributed by atoms with Gasteiger partial charge in [-0.15, -0.1) is 0 Å². The van der Waals surface area contributed by atoms with Crippen LogP contribution in [-0.2, 0) is 28.6 Å². The fourth-order valence-corrected chi connectivity index (χ4v) is 7.96. The number of quaternary nitrogens is 1. The van der Waals surface area contributed by atoms with Crippen LogP contribution in [0.15, 0.2) is 60.8 Å². The van der Waals surface area contributed by atoms with Crippen LogP contribution in [0.2, 0.25) is 0 Å². The van der Waals surface area contributed by atoms with Crippen LogP contribution in [0.4, 0.5) is 0 Å². The number of rotatable bonds is 49. The van der Waals surface area contributed by atoms with Crippen molar-refractivity contribution in [2.24, 2.45) is 0 Å². The fourth-order valence-electron chi connectivity index (χ4n) is 7.96. The van der Waals surface area contributed by atoms with Gasteiger partial charge in [0.05, 0.1) is 34.4 Å². The third kappa shape index (κ3) is 46.2. The smallest absolute Gasteiger partial charge is 0.362 e. The molecule has 0 aliphatic carbocycles. The van der Waals surface area contributed by atoms with Gasteiger partial charge in [-0.1, -0.05) is 203 Å². The summed E-state index contributed by atoms with van der Waals surface area (Å²) < 4.78 is 17.4. The van der Waals surface area contributed by atoms with E-state index in [2.05, 4.69) is 74.6 Å². The first-order chi connectivity index (χ1) is 32.1. The summed E-state index contributed by atoms with van der Waals surface area (Å²) >= 11 is 0. The van der Waals surface area contributed by atoms with Crippen LogP contribution in [0.5, 0.6) is 0 Å². The molecule has 2 atom stereocenters. The van der Waals surface area contributed by atoms with Crippen LogP contribution in [0.3, 0.4) is 0 Å². The molecule has 382 valence electrons. The highest BCUT2D eigenvalue weighted by Crippen LogP contribution is 2.16. The number of carboxylic acid groups (broad SMARTS) is 1. The minimum Gasteiger partial charge on any atom is -0.477 e. The number of nitrogens with zero attached hydrogens (tertiary/aromatic N) is 1.